The fraction of sp³-hybridized carbons (Fsp3) is 0.385. The van der Waals surface area contributed by atoms with Crippen LogP contribution in [0.5, 0.6) is 0 Å². The maximum absolute atomic E-state index is 13.7. The number of halogens is 3. The Morgan fingerprint density at radius 2 is 1.75 bits per heavy atom. The van der Waals surface area contributed by atoms with Gasteiger partial charge in [-0.05, 0) is 31.2 Å². The molecule has 0 spiro atoms. The number of nitrogens with zero attached hydrogens (tertiary/aromatic N) is 2. The third-order valence-electron chi connectivity index (χ3n) is 6.27. The number of hydrogen-bond acceptors (Lipinski definition) is 4. The summed E-state index contributed by atoms with van der Waals surface area (Å²) in [5.41, 5.74) is 7.75. The van der Waals surface area contributed by atoms with E-state index in [4.69, 9.17) is 5.73 Å². The van der Waals surface area contributed by atoms with E-state index < -0.39 is 55.2 Å². The third-order valence-corrected chi connectivity index (χ3v) is 6.27. The molecule has 3 amide bonds. The van der Waals surface area contributed by atoms with Gasteiger partial charge in [0.25, 0.3) is 5.91 Å². The van der Waals surface area contributed by atoms with Gasteiger partial charge in [0.05, 0.1) is 11.4 Å². The largest absolute Gasteiger partial charge is 0.389 e. The quantitative estimate of drug-likeness (QED) is 0.550. The summed E-state index contributed by atoms with van der Waals surface area (Å²) in [5, 5.41) is 2.52. The Morgan fingerprint density at radius 3 is 2.39 bits per heavy atom. The Labute approximate surface area is 206 Å². The van der Waals surface area contributed by atoms with Crippen LogP contribution in [0.15, 0.2) is 59.6 Å². The molecule has 0 saturated heterocycles. The number of fused-ring (bicyclic) bond motifs is 1. The molecule has 190 valence electrons. The molecule has 1 heterocycles. The number of benzodiazepines with no additional fused rings is 1. The smallest absolute Gasteiger partial charge is 0.370 e. The molecular weight excluding hydrogens is 473 g/mol. The Hall–Kier alpha value is -3.69. The number of alkyl halides is 3. The van der Waals surface area contributed by atoms with Crippen LogP contribution in [-0.4, -0.2) is 42.3 Å². The minimum atomic E-state index is -4.50. The number of carbonyl (C=O) groups is 3. The summed E-state index contributed by atoms with van der Waals surface area (Å²) >= 11 is 0. The summed E-state index contributed by atoms with van der Waals surface area (Å²) in [6.45, 7) is 0.443. The van der Waals surface area contributed by atoms with E-state index in [2.05, 4.69) is 10.3 Å². The van der Waals surface area contributed by atoms with Gasteiger partial charge < -0.3 is 16.0 Å². The van der Waals surface area contributed by atoms with E-state index in [9.17, 15) is 27.6 Å². The van der Waals surface area contributed by atoms with Crippen molar-refractivity contribution in [1.82, 2.24) is 5.32 Å². The van der Waals surface area contributed by atoms with Gasteiger partial charge in [0.2, 0.25) is 18.0 Å². The number of nitrogens with one attached hydrogen (secondary N) is 1. The molecule has 0 aromatic heterocycles. The van der Waals surface area contributed by atoms with Crippen molar-refractivity contribution in [2.24, 2.45) is 22.6 Å². The summed E-state index contributed by atoms with van der Waals surface area (Å²) in [4.78, 5) is 44.4. The Balaban J connectivity index is 1.70. The van der Waals surface area contributed by atoms with Crippen LogP contribution in [0.25, 0.3) is 0 Å². The first kappa shape index (κ1) is 25.4. The fourth-order valence-electron chi connectivity index (χ4n) is 4.26. The zero-order valence-corrected chi connectivity index (χ0v) is 19.5. The van der Waals surface area contributed by atoms with Gasteiger partial charge in [-0.3, -0.25) is 14.4 Å². The van der Waals surface area contributed by atoms with Crippen LogP contribution in [0.4, 0.5) is 18.9 Å². The summed E-state index contributed by atoms with van der Waals surface area (Å²) < 4.78 is 38.5. The Morgan fingerprint density at radius 1 is 1.08 bits per heavy atom. The van der Waals surface area contributed by atoms with Gasteiger partial charge in [0, 0.05) is 36.4 Å². The van der Waals surface area contributed by atoms with Gasteiger partial charge in [-0.25, -0.2) is 4.99 Å². The number of benzene rings is 2. The molecule has 2 aromatic rings. The second-order valence-electron chi connectivity index (χ2n) is 9.19. The van der Waals surface area contributed by atoms with E-state index in [1.165, 1.54) is 0 Å². The fourth-order valence-corrected chi connectivity index (χ4v) is 4.26. The molecule has 3 N–H and O–H groups in total. The zero-order chi connectivity index (χ0) is 25.9. The molecule has 4 rings (SSSR count). The lowest BCUT2D eigenvalue weighted by Gasteiger charge is -2.26. The van der Waals surface area contributed by atoms with E-state index >= 15 is 0 Å². The van der Waals surface area contributed by atoms with Crippen molar-refractivity contribution >= 4 is 29.1 Å². The molecule has 2 atom stereocenters. The Bertz CT molecular complexity index is 1160. The highest BCUT2D eigenvalue weighted by molar-refractivity contribution is 6.20. The maximum atomic E-state index is 13.7. The lowest BCUT2D eigenvalue weighted by atomic mass is 9.97. The van der Waals surface area contributed by atoms with Crippen molar-refractivity contribution in [2.75, 3.05) is 11.4 Å². The molecule has 2 unspecified atom stereocenters. The third kappa shape index (κ3) is 6.30. The number of anilines is 1. The zero-order valence-electron chi connectivity index (χ0n) is 19.5. The molecule has 10 heteroatoms. The number of aliphatic imine (C=N–C) groups is 1. The van der Waals surface area contributed by atoms with Gasteiger partial charge in [-0.2, -0.15) is 13.2 Å². The highest BCUT2D eigenvalue weighted by Gasteiger charge is 2.38. The summed E-state index contributed by atoms with van der Waals surface area (Å²) in [5.74, 6) is -3.27. The van der Waals surface area contributed by atoms with Crippen LogP contribution in [0.1, 0.15) is 43.2 Å². The lowest BCUT2D eigenvalue weighted by molar-refractivity contribution is -0.143. The van der Waals surface area contributed by atoms with Crippen LogP contribution in [0, 0.1) is 11.8 Å². The van der Waals surface area contributed by atoms with Crippen molar-refractivity contribution in [3.05, 3.63) is 65.7 Å². The van der Waals surface area contributed by atoms with Gasteiger partial charge in [-0.15, -0.1) is 0 Å². The summed E-state index contributed by atoms with van der Waals surface area (Å²) in [7, 11) is 0. The Kier molecular flexibility index (Phi) is 7.42. The molecule has 1 aliphatic heterocycles. The number of nitrogens with two attached hydrogens (primary N) is 1. The number of rotatable bonds is 9. The van der Waals surface area contributed by atoms with Crippen LogP contribution in [0.2, 0.25) is 0 Å². The number of amides is 3. The molecule has 0 radical (unpaired) electrons. The summed E-state index contributed by atoms with van der Waals surface area (Å²) in [6, 6.07) is 16.4. The van der Waals surface area contributed by atoms with Crippen LogP contribution < -0.4 is 16.0 Å². The van der Waals surface area contributed by atoms with Crippen molar-refractivity contribution in [1.29, 1.82) is 0 Å². The van der Waals surface area contributed by atoms with E-state index in [0.29, 0.717) is 29.4 Å². The highest BCUT2D eigenvalue weighted by atomic mass is 19.4. The number of primary amides is 1. The summed E-state index contributed by atoms with van der Waals surface area (Å²) in [6.07, 6.45) is -6.37. The average Bonchev–Trinajstić information content (AvgIpc) is 3.67. The van der Waals surface area contributed by atoms with E-state index in [1.807, 2.05) is 54.6 Å². The van der Waals surface area contributed by atoms with Crippen molar-refractivity contribution < 1.29 is 27.6 Å². The van der Waals surface area contributed by atoms with E-state index in [-0.39, 0.29) is 0 Å². The number of carbonyl (C=O) groups excluding carboxylic acids is 3. The first-order chi connectivity index (χ1) is 17.1. The molecule has 1 aliphatic carbocycles. The number of para-hydroxylation sites is 1. The second kappa shape index (κ2) is 10.5. The molecule has 0 bridgehead atoms. The van der Waals surface area contributed by atoms with Gasteiger partial charge in [0.1, 0.15) is 0 Å². The SMILES string of the molecule is NC(=O)CC(CCC(F)(F)F)C(=O)NC1N=C(c2ccccc2)c2ccccc2N(CC2CC2)C1=O. The standard InChI is InChI=1S/C26H27F3N4O3/c27-26(28,29)13-12-18(14-21(30)34)24(35)32-23-25(36)33(15-16-10-11-16)20-9-5-4-8-19(20)22(31-23)17-6-2-1-3-7-17/h1-9,16,18,23H,10-15H2,(H2,30,34)(H,32,35). The second-order valence-corrected chi connectivity index (χ2v) is 9.19. The van der Waals surface area contributed by atoms with Crippen molar-refractivity contribution in [2.45, 2.75) is 44.4 Å². The van der Waals surface area contributed by atoms with Gasteiger partial charge in [-0.1, -0.05) is 48.5 Å². The van der Waals surface area contributed by atoms with E-state index in [1.54, 1.807) is 4.90 Å². The lowest BCUT2D eigenvalue weighted by Crippen LogP contribution is -2.49. The molecule has 1 fully saturated rings. The highest BCUT2D eigenvalue weighted by Crippen LogP contribution is 2.35. The molecular formula is C26H27F3N4O3. The van der Waals surface area contributed by atoms with Gasteiger partial charge >= 0.3 is 6.18 Å². The molecule has 2 aliphatic rings. The molecule has 7 nitrogen and oxygen atoms in total. The minimum absolute atomic E-state index is 0.325. The first-order valence-corrected chi connectivity index (χ1v) is 11.8. The minimum Gasteiger partial charge on any atom is -0.370 e. The van der Waals surface area contributed by atoms with Crippen LogP contribution in [-0.2, 0) is 14.4 Å². The predicted molar refractivity (Wildman–Crippen MR) is 128 cm³/mol. The van der Waals surface area contributed by atoms with E-state index in [0.717, 1.165) is 18.4 Å². The van der Waals surface area contributed by atoms with Crippen molar-refractivity contribution in [3.8, 4) is 0 Å². The molecule has 36 heavy (non-hydrogen) atoms. The average molecular weight is 501 g/mol. The van der Waals surface area contributed by atoms with Crippen molar-refractivity contribution in [3.63, 3.8) is 0 Å². The predicted octanol–water partition coefficient (Wildman–Crippen LogP) is 3.56. The van der Waals surface area contributed by atoms with Crippen LogP contribution in [0.3, 0.4) is 0 Å². The van der Waals surface area contributed by atoms with Crippen LogP contribution >= 0.6 is 0 Å². The maximum Gasteiger partial charge on any atom is 0.389 e. The van der Waals surface area contributed by atoms with Gasteiger partial charge in [0.15, 0.2) is 0 Å². The normalized spacial score (nSPS) is 18.6. The molecule has 2 aromatic carbocycles. The molecule has 1 saturated carbocycles. The number of hydrogen-bond donors (Lipinski definition) is 2. The first-order valence-electron chi connectivity index (χ1n) is 11.8. The topological polar surface area (TPSA) is 105 Å². The monoisotopic (exact) mass is 500 g/mol.